The third kappa shape index (κ3) is 3.51. The summed E-state index contributed by atoms with van der Waals surface area (Å²) in [6, 6.07) is 10.3. The van der Waals surface area contributed by atoms with Crippen molar-refractivity contribution < 1.29 is 9.78 Å². The van der Waals surface area contributed by atoms with E-state index in [4.69, 9.17) is 9.97 Å². The van der Waals surface area contributed by atoms with E-state index in [1.165, 1.54) is 4.88 Å². The first-order valence-corrected chi connectivity index (χ1v) is 11.0. The smallest absolute Gasteiger partial charge is 0.274 e. The summed E-state index contributed by atoms with van der Waals surface area (Å²) in [6.45, 7) is 5.50. The number of thiophene rings is 1. The van der Waals surface area contributed by atoms with Crippen LogP contribution < -0.4 is 14.8 Å². The SMILES string of the molecule is Cc1nc(N2CCN(c3cccc[nH+]3)CC2)nc2c1C(=O)C[C@@H](c1cccs1)C2. The van der Waals surface area contributed by atoms with Gasteiger partial charge in [-0.15, -0.1) is 11.3 Å². The minimum atomic E-state index is 0.179. The zero-order chi connectivity index (χ0) is 19.8. The number of nitrogens with one attached hydrogen (secondary N) is 1. The highest BCUT2D eigenvalue weighted by molar-refractivity contribution is 7.10. The molecule has 1 N–H and O–H groups in total. The van der Waals surface area contributed by atoms with Gasteiger partial charge in [0.2, 0.25) is 5.95 Å². The number of hydrogen-bond donors (Lipinski definition) is 0. The Bertz CT molecular complexity index is 1010. The van der Waals surface area contributed by atoms with E-state index in [-0.39, 0.29) is 11.7 Å². The molecular weight excluding hydrogens is 382 g/mol. The average Bonchev–Trinajstić information content (AvgIpc) is 3.29. The molecule has 5 rings (SSSR count). The molecule has 7 heteroatoms. The van der Waals surface area contributed by atoms with Crippen molar-refractivity contribution in [3.8, 4) is 0 Å². The lowest BCUT2D eigenvalue weighted by molar-refractivity contribution is -0.364. The van der Waals surface area contributed by atoms with Crippen LogP contribution in [-0.2, 0) is 6.42 Å². The van der Waals surface area contributed by atoms with Crippen molar-refractivity contribution in [1.82, 2.24) is 9.97 Å². The Hall–Kier alpha value is -2.80. The highest BCUT2D eigenvalue weighted by atomic mass is 32.1. The molecule has 2 aliphatic rings. The number of aromatic nitrogens is 3. The van der Waals surface area contributed by atoms with Gasteiger partial charge < -0.3 is 4.90 Å². The molecule has 0 radical (unpaired) electrons. The Labute approximate surface area is 174 Å². The van der Waals surface area contributed by atoms with Gasteiger partial charge in [-0.05, 0) is 30.9 Å². The van der Waals surface area contributed by atoms with Crippen molar-refractivity contribution in [3.05, 3.63) is 63.7 Å². The van der Waals surface area contributed by atoms with Crippen LogP contribution >= 0.6 is 11.3 Å². The third-order valence-corrected chi connectivity index (χ3v) is 6.88. The molecule has 3 aromatic rings. The Morgan fingerprint density at radius 3 is 2.59 bits per heavy atom. The van der Waals surface area contributed by atoms with Crippen LogP contribution in [0.1, 0.15) is 39.0 Å². The second kappa shape index (κ2) is 7.55. The van der Waals surface area contributed by atoms with Crippen molar-refractivity contribution in [2.75, 3.05) is 36.0 Å². The third-order valence-electron chi connectivity index (χ3n) is 5.84. The first-order valence-electron chi connectivity index (χ1n) is 10.1. The number of carbonyl (C=O) groups is 1. The van der Waals surface area contributed by atoms with E-state index in [0.717, 1.165) is 61.3 Å². The van der Waals surface area contributed by atoms with Crippen LogP contribution in [0.25, 0.3) is 0 Å². The van der Waals surface area contributed by atoms with Crippen molar-refractivity contribution >= 4 is 28.9 Å². The van der Waals surface area contributed by atoms with E-state index in [1.54, 1.807) is 11.3 Å². The van der Waals surface area contributed by atoms with Crippen molar-refractivity contribution in [1.29, 1.82) is 0 Å². The van der Waals surface area contributed by atoms with Crippen LogP contribution in [0.5, 0.6) is 0 Å². The fraction of sp³-hybridized carbons (Fsp3) is 0.364. The summed E-state index contributed by atoms with van der Waals surface area (Å²) in [5.74, 6) is 2.32. The topological polar surface area (TPSA) is 63.5 Å². The van der Waals surface area contributed by atoms with Gasteiger partial charge in [-0.2, -0.15) is 0 Å². The van der Waals surface area contributed by atoms with Gasteiger partial charge in [0.25, 0.3) is 5.82 Å². The van der Waals surface area contributed by atoms with E-state index in [9.17, 15) is 4.79 Å². The fourth-order valence-corrected chi connectivity index (χ4v) is 5.18. The second-order valence-electron chi connectivity index (χ2n) is 7.70. The summed E-state index contributed by atoms with van der Waals surface area (Å²) in [4.78, 5) is 31.6. The Morgan fingerprint density at radius 2 is 1.86 bits per heavy atom. The monoisotopic (exact) mass is 406 g/mol. The molecule has 6 nitrogen and oxygen atoms in total. The Morgan fingerprint density at radius 1 is 1.03 bits per heavy atom. The van der Waals surface area contributed by atoms with E-state index in [0.29, 0.717) is 6.42 Å². The van der Waals surface area contributed by atoms with E-state index in [2.05, 4.69) is 44.4 Å². The maximum atomic E-state index is 12.8. The highest BCUT2D eigenvalue weighted by Crippen LogP contribution is 2.35. The zero-order valence-electron chi connectivity index (χ0n) is 16.5. The Balaban J connectivity index is 1.37. The number of fused-ring (bicyclic) bond motifs is 1. The molecule has 0 unspecified atom stereocenters. The number of rotatable bonds is 3. The van der Waals surface area contributed by atoms with Crippen LogP contribution in [-0.4, -0.2) is 41.9 Å². The van der Waals surface area contributed by atoms with Gasteiger partial charge in [0.15, 0.2) is 5.78 Å². The predicted molar refractivity (Wildman–Crippen MR) is 114 cm³/mol. The fourth-order valence-electron chi connectivity index (χ4n) is 4.35. The molecule has 4 heterocycles. The maximum Gasteiger partial charge on any atom is 0.274 e. The van der Waals surface area contributed by atoms with Gasteiger partial charge >= 0.3 is 0 Å². The number of aryl methyl sites for hydroxylation is 1. The van der Waals surface area contributed by atoms with Crippen LogP contribution in [0.2, 0.25) is 0 Å². The molecule has 0 bridgehead atoms. The molecule has 3 aromatic heterocycles. The number of ketones is 1. The number of pyridine rings is 1. The minimum Gasteiger partial charge on any atom is -0.333 e. The van der Waals surface area contributed by atoms with Crippen LogP contribution in [0, 0.1) is 6.92 Å². The summed E-state index contributed by atoms with van der Waals surface area (Å²) in [7, 11) is 0. The molecule has 1 fully saturated rings. The average molecular weight is 407 g/mol. The number of hydrogen-bond acceptors (Lipinski definition) is 6. The summed E-state index contributed by atoms with van der Waals surface area (Å²) >= 11 is 1.73. The van der Waals surface area contributed by atoms with Gasteiger partial charge in [0.1, 0.15) is 13.1 Å². The number of anilines is 2. The molecule has 1 aliphatic heterocycles. The summed E-state index contributed by atoms with van der Waals surface area (Å²) in [5, 5.41) is 2.08. The quantitative estimate of drug-likeness (QED) is 0.669. The molecule has 1 saturated heterocycles. The molecule has 0 amide bonds. The number of carbonyl (C=O) groups excluding carboxylic acids is 1. The lowest BCUT2D eigenvalue weighted by Gasteiger charge is -2.32. The van der Waals surface area contributed by atoms with E-state index < -0.39 is 0 Å². The predicted octanol–water partition coefficient (Wildman–Crippen LogP) is 2.90. The maximum absolute atomic E-state index is 12.8. The number of H-pyrrole nitrogens is 1. The van der Waals surface area contributed by atoms with Crippen molar-refractivity contribution in [3.63, 3.8) is 0 Å². The molecule has 0 aromatic carbocycles. The Kier molecular flexibility index (Phi) is 4.75. The normalized spacial score (nSPS) is 19.3. The van der Waals surface area contributed by atoms with E-state index >= 15 is 0 Å². The van der Waals surface area contributed by atoms with Crippen LogP contribution in [0.3, 0.4) is 0 Å². The van der Waals surface area contributed by atoms with E-state index in [1.807, 2.05) is 19.2 Å². The molecule has 0 saturated carbocycles. The summed E-state index contributed by atoms with van der Waals surface area (Å²) in [5.41, 5.74) is 2.48. The van der Waals surface area contributed by atoms with Gasteiger partial charge in [0, 0.05) is 23.3 Å². The zero-order valence-corrected chi connectivity index (χ0v) is 17.3. The molecular formula is C22H24N5OS+. The van der Waals surface area contributed by atoms with Crippen molar-refractivity contribution in [2.24, 2.45) is 0 Å². The van der Waals surface area contributed by atoms with Crippen LogP contribution in [0.4, 0.5) is 11.8 Å². The number of piperazine rings is 1. The lowest BCUT2D eigenvalue weighted by Crippen LogP contribution is -2.48. The van der Waals surface area contributed by atoms with Crippen LogP contribution in [0.15, 0.2) is 41.9 Å². The first kappa shape index (κ1) is 18.2. The van der Waals surface area contributed by atoms with Gasteiger partial charge in [-0.1, -0.05) is 12.1 Å². The van der Waals surface area contributed by atoms with Gasteiger partial charge in [-0.3, -0.25) is 9.69 Å². The minimum absolute atomic E-state index is 0.179. The largest absolute Gasteiger partial charge is 0.333 e. The number of aromatic amines is 1. The first-order chi connectivity index (χ1) is 14.2. The number of Topliss-reactive ketones (excluding diaryl/α,β-unsaturated/α-hetero) is 1. The summed E-state index contributed by atoms with van der Waals surface area (Å²) in [6.07, 6.45) is 3.33. The highest BCUT2D eigenvalue weighted by Gasteiger charge is 2.32. The molecule has 1 atom stereocenters. The summed E-state index contributed by atoms with van der Waals surface area (Å²) < 4.78 is 0. The lowest BCUT2D eigenvalue weighted by atomic mass is 9.84. The molecule has 1 aliphatic carbocycles. The standard InChI is InChI=1S/C22H23N5OS/c1-15-21-17(13-16(14-18(21)28)19-5-4-12-29-19)25-22(24-15)27-10-8-26(9-11-27)20-6-2-3-7-23-20/h2-7,12,16H,8-11,13-14H2,1H3/p+1/t16-/m0/s1. The molecule has 148 valence electrons. The second-order valence-corrected chi connectivity index (χ2v) is 8.68. The number of nitrogens with zero attached hydrogens (tertiary/aromatic N) is 4. The van der Waals surface area contributed by atoms with Crippen molar-refractivity contribution in [2.45, 2.75) is 25.7 Å². The van der Waals surface area contributed by atoms with Gasteiger partial charge in [-0.25, -0.2) is 15.0 Å². The molecule has 0 spiro atoms. The molecule has 29 heavy (non-hydrogen) atoms. The van der Waals surface area contributed by atoms with Gasteiger partial charge in [0.05, 0.1) is 36.2 Å².